The Morgan fingerprint density at radius 2 is 2.13 bits per heavy atom. The monoisotopic (exact) mass is 320 g/mol. The van der Waals surface area contributed by atoms with E-state index in [9.17, 15) is 0 Å². The lowest BCUT2D eigenvalue weighted by molar-refractivity contribution is 0.00913. The number of imidazole rings is 1. The summed E-state index contributed by atoms with van der Waals surface area (Å²) in [7, 11) is 2.05. The maximum Gasteiger partial charge on any atom is 0.137 e. The van der Waals surface area contributed by atoms with E-state index in [1.165, 1.54) is 12.8 Å². The zero-order chi connectivity index (χ0) is 15.7. The lowest BCUT2D eigenvalue weighted by atomic mass is 10.0. The van der Waals surface area contributed by atoms with Crippen molar-refractivity contribution < 1.29 is 9.47 Å². The lowest BCUT2D eigenvalue weighted by Crippen LogP contribution is -2.50. The highest BCUT2D eigenvalue weighted by Crippen LogP contribution is 2.41. The fourth-order valence-corrected chi connectivity index (χ4v) is 4.06. The molecule has 2 saturated heterocycles. The molecule has 0 radical (unpaired) electrons. The Morgan fingerprint density at radius 3 is 2.83 bits per heavy atom. The van der Waals surface area contributed by atoms with Crippen molar-refractivity contribution in [1.29, 1.82) is 0 Å². The van der Waals surface area contributed by atoms with Crippen LogP contribution in [-0.2, 0) is 16.5 Å². The van der Waals surface area contributed by atoms with E-state index < -0.39 is 0 Å². The molecular formula is C17H28N4O2. The summed E-state index contributed by atoms with van der Waals surface area (Å²) in [6.07, 6.45) is 7.77. The standard InChI is InChI=1S/C17H28N4O2/c1-20-6-5-19-16(20)15-14(2-9-23-15)12-18-13-17(3-4-17)21-7-10-22-11-8-21/h5-6,14-15,18H,2-4,7-13H2,1H3/t14-,15+/m0/s1. The minimum absolute atomic E-state index is 0.140. The van der Waals surface area contributed by atoms with Crippen LogP contribution in [0.15, 0.2) is 12.4 Å². The van der Waals surface area contributed by atoms with Crippen LogP contribution in [0, 0.1) is 5.92 Å². The number of rotatable bonds is 6. The van der Waals surface area contributed by atoms with Gasteiger partial charge in [-0.15, -0.1) is 0 Å². The van der Waals surface area contributed by atoms with Crippen LogP contribution in [0.4, 0.5) is 0 Å². The zero-order valence-electron chi connectivity index (χ0n) is 14.0. The van der Waals surface area contributed by atoms with Gasteiger partial charge in [0.1, 0.15) is 11.9 Å². The maximum absolute atomic E-state index is 5.96. The molecule has 0 bridgehead atoms. The summed E-state index contributed by atoms with van der Waals surface area (Å²) in [5.41, 5.74) is 0.405. The van der Waals surface area contributed by atoms with E-state index in [0.717, 1.165) is 58.2 Å². The Kier molecular flexibility index (Phi) is 4.41. The summed E-state index contributed by atoms with van der Waals surface area (Å²) in [4.78, 5) is 7.11. The van der Waals surface area contributed by atoms with Crippen molar-refractivity contribution in [2.75, 3.05) is 46.0 Å². The Balaban J connectivity index is 1.30. The SMILES string of the molecule is Cn1ccnc1[C@@H]1OCC[C@H]1CNCC1(N2CCOCC2)CC1. The van der Waals surface area contributed by atoms with Gasteiger partial charge in [0.15, 0.2) is 0 Å². The minimum Gasteiger partial charge on any atom is -0.379 e. The van der Waals surface area contributed by atoms with E-state index in [2.05, 4.69) is 19.8 Å². The molecule has 1 N–H and O–H groups in total. The van der Waals surface area contributed by atoms with Crippen LogP contribution in [0.2, 0.25) is 0 Å². The Labute approximate surface area is 138 Å². The molecule has 2 atom stereocenters. The van der Waals surface area contributed by atoms with Gasteiger partial charge >= 0.3 is 0 Å². The van der Waals surface area contributed by atoms with E-state index in [1.807, 2.05) is 19.4 Å². The van der Waals surface area contributed by atoms with Crippen LogP contribution < -0.4 is 5.32 Å². The van der Waals surface area contributed by atoms with E-state index in [1.54, 1.807) is 0 Å². The molecule has 0 spiro atoms. The molecule has 1 aromatic heterocycles. The summed E-state index contributed by atoms with van der Waals surface area (Å²) < 4.78 is 13.5. The Bertz CT molecular complexity index is 522. The molecule has 6 heteroatoms. The van der Waals surface area contributed by atoms with Crippen molar-refractivity contribution in [1.82, 2.24) is 19.8 Å². The number of nitrogens with zero attached hydrogens (tertiary/aromatic N) is 3. The van der Waals surface area contributed by atoms with Crippen molar-refractivity contribution in [2.24, 2.45) is 13.0 Å². The molecule has 128 valence electrons. The van der Waals surface area contributed by atoms with Crippen LogP contribution in [0.1, 0.15) is 31.2 Å². The first-order valence-corrected chi connectivity index (χ1v) is 8.91. The van der Waals surface area contributed by atoms with E-state index >= 15 is 0 Å². The fraction of sp³-hybridized carbons (Fsp3) is 0.824. The van der Waals surface area contributed by atoms with Crippen molar-refractivity contribution in [3.8, 4) is 0 Å². The van der Waals surface area contributed by atoms with Crippen molar-refractivity contribution >= 4 is 0 Å². The largest absolute Gasteiger partial charge is 0.379 e. The second kappa shape index (κ2) is 6.51. The zero-order valence-corrected chi connectivity index (χ0v) is 14.0. The van der Waals surface area contributed by atoms with E-state index in [-0.39, 0.29) is 6.10 Å². The molecular weight excluding hydrogens is 292 g/mol. The lowest BCUT2D eigenvalue weighted by Gasteiger charge is -2.35. The summed E-state index contributed by atoms with van der Waals surface area (Å²) >= 11 is 0. The van der Waals surface area contributed by atoms with E-state index in [4.69, 9.17) is 9.47 Å². The summed E-state index contributed by atoms with van der Waals surface area (Å²) in [5.74, 6) is 1.58. The predicted octanol–water partition coefficient (Wildman–Crippen LogP) is 0.952. The summed E-state index contributed by atoms with van der Waals surface area (Å²) in [6.45, 7) is 6.91. The molecule has 1 saturated carbocycles. The average Bonchev–Trinajstić information content (AvgIpc) is 3.02. The van der Waals surface area contributed by atoms with E-state index in [0.29, 0.717) is 11.5 Å². The molecule has 1 aromatic rings. The van der Waals surface area contributed by atoms with Gasteiger partial charge in [0, 0.05) is 63.7 Å². The number of aryl methyl sites for hydroxylation is 1. The van der Waals surface area contributed by atoms with Gasteiger partial charge in [0.2, 0.25) is 0 Å². The fourth-order valence-electron chi connectivity index (χ4n) is 4.06. The van der Waals surface area contributed by atoms with Gasteiger partial charge in [-0.1, -0.05) is 0 Å². The molecule has 0 unspecified atom stereocenters. The van der Waals surface area contributed by atoms with Crippen molar-refractivity contribution in [2.45, 2.75) is 30.9 Å². The van der Waals surface area contributed by atoms with Gasteiger partial charge in [0.05, 0.1) is 13.2 Å². The number of nitrogens with one attached hydrogen (secondary N) is 1. The minimum atomic E-state index is 0.140. The first-order valence-electron chi connectivity index (χ1n) is 8.91. The molecule has 1 aliphatic carbocycles. The number of ether oxygens (including phenoxy) is 2. The number of morpholine rings is 1. The molecule has 0 aromatic carbocycles. The highest BCUT2D eigenvalue weighted by Gasteiger charge is 2.47. The quantitative estimate of drug-likeness (QED) is 0.846. The third-order valence-corrected chi connectivity index (χ3v) is 5.70. The average molecular weight is 320 g/mol. The van der Waals surface area contributed by atoms with Crippen LogP contribution in [0.3, 0.4) is 0 Å². The predicted molar refractivity (Wildman–Crippen MR) is 87.2 cm³/mol. The molecule has 3 fully saturated rings. The van der Waals surface area contributed by atoms with Gasteiger partial charge < -0.3 is 19.4 Å². The van der Waals surface area contributed by atoms with Crippen LogP contribution >= 0.6 is 0 Å². The van der Waals surface area contributed by atoms with Crippen molar-refractivity contribution in [3.63, 3.8) is 0 Å². The third-order valence-electron chi connectivity index (χ3n) is 5.70. The third kappa shape index (κ3) is 3.18. The molecule has 6 nitrogen and oxygen atoms in total. The molecule has 23 heavy (non-hydrogen) atoms. The highest BCUT2D eigenvalue weighted by molar-refractivity contribution is 5.06. The molecule has 4 rings (SSSR count). The van der Waals surface area contributed by atoms with Crippen LogP contribution in [0.5, 0.6) is 0 Å². The Morgan fingerprint density at radius 1 is 1.30 bits per heavy atom. The smallest absolute Gasteiger partial charge is 0.137 e. The molecule has 3 heterocycles. The second-order valence-electron chi connectivity index (χ2n) is 7.19. The van der Waals surface area contributed by atoms with Gasteiger partial charge in [-0.05, 0) is 19.3 Å². The number of aromatic nitrogens is 2. The van der Waals surface area contributed by atoms with Gasteiger partial charge in [-0.3, -0.25) is 4.90 Å². The van der Waals surface area contributed by atoms with Crippen LogP contribution in [0.25, 0.3) is 0 Å². The van der Waals surface area contributed by atoms with Crippen LogP contribution in [-0.4, -0.2) is 66.0 Å². The second-order valence-corrected chi connectivity index (χ2v) is 7.19. The van der Waals surface area contributed by atoms with Gasteiger partial charge in [0.25, 0.3) is 0 Å². The summed E-state index contributed by atoms with van der Waals surface area (Å²) in [5, 5.41) is 3.74. The number of hydrogen-bond acceptors (Lipinski definition) is 5. The highest BCUT2D eigenvalue weighted by atomic mass is 16.5. The molecule has 2 aliphatic heterocycles. The summed E-state index contributed by atoms with van der Waals surface area (Å²) in [6, 6.07) is 0. The first-order chi connectivity index (χ1) is 11.3. The number of hydrogen-bond donors (Lipinski definition) is 1. The topological polar surface area (TPSA) is 51.5 Å². The molecule has 3 aliphatic rings. The van der Waals surface area contributed by atoms with Gasteiger partial charge in [-0.25, -0.2) is 4.98 Å². The molecule has 0 amide bonds. The van der Waals surface area contributed by atoms with Crippen molar-refractivity contribution in [3.05, 3.63) is 18.2 Å². The maximum atomic E-state index is 5.96. The van der Waals surface area contributed by atoms with Gasteiger partial charge in [-0.2, -0.15) is 0 Å². The normalized spacial score (nSPS) is 30.7. The first kappa shape index (κ1) is 15.6. The Hall–Kier alpha value is -0.950.